The molecule has 0 aromatic heterocycles. The van der Waals surface area contributed by atoms with Crippen molar-refractivity contribution in [2.75, 3.05) is 32.1 Å². The maximum atomic E-state index is 5.43. The molecule has 3 nitrogen and oxygen atoms in total. The number of nitrogens with one attached hydrogen (secondary N) is 1. The van der Waals surface area contributed by atoms with Crippen molar-refractivity contribution >= 4 is 5.69 Å². The van der Waals surface area contributed by atoms with E-state index in [0.717, 1.165) is 18.8 Å². The molecular weight excluding hydrogens is 188 g/mol. The lowest BCUT2D eigenvalue weighted by atomic mass is 9.98. The number of rotatable bonds is 1. The zero-order valence-corrected chi connectivity index (χ0v) is 9.16. The monoisotopic (exact) mass is 204 g/mol. The normalized spacial score (nSPS) is 27.7. The average Bonchev–Trinajstić information content (AvgIpc) is 2.83. The SMILES string of the molecule is COc1cccc2c1N(C)C1CNCC21. The van der Waals surface area contributed by atoms with Gasteiger partial charge in [-0.25, -0.2) is 0 Å². The first-order chi connectivity index (χ1) is 7.33. The van der Waals surface area contributed by atoms with Gasteiger partial charge >= 0.3 is 0 Å². The molecule has 0 bridgehead atoms. The second-order valence-corrected chi connectivity index (χ2v) is 4.34. The first-order valence-corrected chi connectivity index (χ1v) is 5.43. The van der Waals surface area contributed by atoms with Gasteiger partial charge in [0.15, 0.2) is 0 Å². The molecule has 2 heterocycles. The molecule has 0 spiro atoms. The first kappa shape index (κ1) is 9.04. The van der Waals surface area contributed by atoms with Crippen LogP contribution in [-0.4, -0.2) is 33.3 Å². The molecule has 15 heavy (non-hydrogen) atoms. The number of methoxy groups -OCH3 is 1. The average molecular weight is 204 g/mol. The maximum absolute atomic E-state index is 5.43. The van der Waals surface area contributed by atoms with Crippen molar-refractivity contribution in [3.05, 3.63) is 23.8 Å². The molecule has 3 heteroatoms. The molecule has 2 unspecified atom stereocenters. The van der Waals surface area contributed by atoms with Crippen LogP contribution < -0.4 is 15.0 Å². The van der Waals surface area contributed by atoms with Crippen LogP contribution in [0.5, 0.6) is 5.75 Å². The van der Waals surface area contributed by atoms with Crippen LogP contribution in [-0.2, 0) is 0 Å². The van der Waals surface area contributed by atoms with Gasteiger partial charge in [0.2, 0.25) is 0 Å². The molecule has 2 aliphatic heterocycles. The number of hydrogen-bond donors (Lipinski definition) is 1. The number of hydrogen-bond acceptors (Lipinski definition) is 3. The van der Waals surface area contributed by atoms with Gasteiger partial charge in [-0.15, -0.1) is 0 Å². The van der Waals surface area contributed by atoms with Crippen LogP contribution in [0.3, 0.4) is 0 Å². The van der Waals surface area contributed by atoms with Crippen molar-refractivity contribution in [3.63, 3.8) is 0 Å². The van der Waals surface area contributed by atoms with E-state index in [1.165, 1.54) is 11.3 Å². The fraction of sp³-hybridized carbons (Fsp3) is 0.500. The summed E-state index contributed by atoms with van der Waals surface area (Å²) in [5, 5.41) is 3.45. The topological polar surface area (TPSA) is 24.5 Å². The molecule has 1 aromatic rings. The molecule has 80 valence electrons. The smallest absolute Gasteiger partial charge is 0.142 e. The van der Waals surface area contributed by atoms with Gasteiger partial charge in [-0.1, -0.05) is 12.1 Å². The van der Waals surface area contributed by atoms with Crippen molar-refractivity contribution in [1.29, 1.82) is 0 Å². The van der Waals surface area contributed by atoms with Crippen molar-refractivity contribution in [2.24, 2.45) is 0 Å². The van der Waals surface area contributed by atoms with Gasteiger partial charge in [-0.2, -0.15) is 0 Å². The zero-order chi connectivity index (χ0) is 10.4. The predicted octanol–water partition coefficient (Wildman–Crippen LogP) is 1.20. The lowest BCUT2D eigenvalue weighted by Gasteiger charge is -2.22. The van der Waals surface area contributed by atoms with Crippen LogP contribution in [0.2, 0.25) is 0 Å². The number of fused-ring (bicyclic) bond motifs is 3. The Morgan fingerprint density at radius 1 is 1.40 bits per heavy atom. The van der Waals surface area contributed by atoms with E-state index < -0.39 is 0 Å². The van der Waals surface area contributed by atoms with E-state index in [9.17, 15) is 0 Å². The molecule has 2 aliphatic rings. The van der Waals surface area contributed by atoms with Gasteiger partial charge in [0.05, 0.1) is 12.8 Å². The van der Waals surface area contributed by atoms with Gasteiger partial charge in [-0.3, -0.25) is 0 Å². The van der Waals surface area contributed by atoms with Crippen LogP contribution in [0.4, 0.5) is 5.69 Å². The van der Waals surface area contributed by atoms with Gasteiger partial charge in [0, 0.05) is 32.1 Å². The molecule has 0 saturated carbocycles. The van der Waals surface area contributed by atoms with Gasteiger partial charge in [-0.05, 0) is 11.6 Å². The van der Waals surface area contributed by atoms with Gasteiger partial charge < -0.3 is 15.0 Å². The first-order valence-electron chi connectivity index (χ1n) is 5.43. The Balaban J connectivity index is 2.14. The van der Waals surface area contributed by atoms with Crippen molar-refractivity contribution in [2.45, 2.75) is 12.0 Å². The summed E-state index contributed by atoms with van der Waals surface area (Å²) < 4.78 is 5.43. The Kier molecular flexibility index (Phi) is 1.89. The summed E-state index contributed by atoms with van der Waals surface area (Å²) in [5.41, 5.74) is 2.73. The Labute approximate surface area is 90.0 Å². The Bertz CT molecular complexity index is 391. The van der Waals surface area contributed by atoms with Crippen molar-refractivity contribution < 1.29 is 4.74 Å². The van der Waals surface area contributed by atoms with E-state index in [1.54, 1.807) is 7.11 Å². The minimum absolute atomic E-state index is 0.608. The summed E-state index contributed by atoms with van der Waals surface area (Å²) in [5.74, 6) is 1.64. The minimum Gasteiger partial charge on any atom is -0.495 e. The van der Waals surface area contributed by atoms with Crippen LogP contribution >= 0.6 is 0 Å². The summed E-state index contributed by atoms with van der Waals surface area (Å²) in [4.78, 5) is 2.36. The molecule has 1 saturated heterocycles. The number of ether oxygens (including phenoxy) is 1. The van der Waals surface area contributed by atoms with E-state index in [4.69, 9.17) is 4.74 Å². The summed E-state index contributed by atoms with van der Waals surface area (Å²) in [6.07, 6.45) is 0. The fourth-order valence-corrected chi connectivity index (χ4v) is 2.94. The molecule has 1 aromatic carbocycles. The van der Waals surface area contributed by atoms with E-state index in [2.05, 4.69) is 29.4 Å². The lowest BCUT2D eigenvalue weighted by molar-refractivity contribution is 0.415. The quantitative estimate of drug-likeness (QED) is 0.744. The molecule has 0 amide bonds. The molecule has 2 atom stereocenters. The molecule has 0 radical (unpaired) electrons. The van der Waals surface area contributed by atoms with Gasteiger partial charge in [0.1, 0.15) is 5.75 Å². The Morgan fingerprint density at radius 2 is 2.27 bits per heavy atom. The maximum Gasteiger partial charge on any atom is 0.142 e. The Hall–Kier alpha value is -1.22. The predicted molar refractivity (Wildman–Crippen MR) is 60.8 cm³/mol. The van der Waals surface area contributed by atoms with Crippen LogP contribution in [0.1, 0.15) is 11.5 Å². The number of anilines is 1. The van der Waals surface area contributed by atoms with E-state index in [0.29, 0.717) is 12.0 Å². The van der Waals surface area contributed by atoms with Crippen molar-refractivity contribution in [1.82, 2.24) is 5.32 Å². The van der Waals surface area contributed by atoms with Crippen LogP contribution in [0.25, 0.3) is 0 Å². The minimum atomic E-state index is 0.608. The molecule has 1 fully saturated rings. The molecule has 3 rings (SSSR count). The van der Waals surface area contributed by atoms with Gasteiger partial charge in [0.25, 0.3) is 0 Å². The van der Waals surface area contributed by atoms with E-state index in [-0.39, 0.29) is 0 Å². The van der Waals surface area contributed by atoms with Crippen LogP contribution in [0, 0.1) is 0 Å². The second kappa shape index (κ2) is 3.14. The highest BCUT2D eigenvalue weighted by Crippen LogP contribution is 2.46. The largest absolute Gasteiger partial charge is 0.495 e. The van der Waals surface area contributed by atoms with E-state index in [1.807, 2.05) is 6.07 Å². The number of likely N-dealkylation sites (N-methyl/N-ethyl adjacent to an activating group) is 1. The number of nitrogens with zero attached hydrogens (tertiary/aromatic N) is 1. The Morgan fingerprint density at radius 3 is 3.07 bits per heavy atom. The molecule has 0 aliphatic carbocycles. The van der Waals surface area contributed by atoms with Crippen molar-refractivity contribution in [3.8, 4) is 5.75 Å². The molecular formula is C12H16N2O. The number of benzene rings is 1. The standard InChI is InChI=1S/C12H16N2O/c1-14-10-7-13-6-9(10)8-4-3-5-11(15-2)12(8)14/h3-5,9-10,13H,6-7H2,1-2H3. The highest BCUT2D eigenvalue weighted by Gasteiger charge is 2.40. The highest BCUT2D eigenvalue weighted by atomic mass is 16.5. The lowest BCUT2D eigenvalue weighted by Crippen LogP contribution is -2.31. The summed E-state index contributed by atoms with van der Waals surface area (Å²) in [6.45, 7) is 2.17. The third-order valence-corrected chi connectivity index (χ3v) is 3.68. The summed E-state index contributed by atoms with van der Waals surface area (Å²) >= 11 is 0. The second-order valence-electron chi connectivity index (χ2n) is 4.34. The van der Waals surface area contributed by atoms with Crippen LogP contribution in [0.15, 0.2) is 18.2 Å². The zero-order valence-electron chi connectivity index (χ0n) is 9.16. The highest BCUT2D eigenvalue weighted by molar-refractivity contribution is 5.70. The number of para-hydroxylation sites is 1. The van der Waals surface area contributed by atoms with E-state index >= 15 is 0 Å². The third kappa shape index (κ3) is 1.10. The summed E-state index contributed by atoms with van der Waals surface area (Å²) in [6, 6.07) is 6.97. The fourth-order valence-electron chi connectivity index (χ4n) is 2.94. The molecule has 1 N–H and O–H groups in total. The summed E-state index contributed by atoms with van der Waals surface area (Å²) in [7, 11) is 3.91. The third-order valence-electron chi connectivity index (χ3n) is 3.68.